The van der Waals surface area contributed by atoms with Gasteiger partial charge in [0.05, 0.1) is 7.11 Å². The van der Waals surface area contributed by atoms with Crippen molar-refractivity contribution in [1.29, 1.82) is 0 Å². The van der Waals surface area contributed by atoms with Gasteiger partial charge in [-0.25, -0.2) is 4.79 Å². The largest absolute Gasteiger partial charge is 0.497 e. The van der Waals surface area contributed by atoms with Crippen LogP contribution in [0.25, 0.3) is 11.0 Å². The van der Waals surface area contributed by atoms with Crippen LogP contribution in [0.1, 0.15) is 12.0 Å². The fraction of sp³-hybridized carbons (Fsp3) is 0.353. The van der Waals surface area contributed by atoms with E-state index in [-0.39, 0.29) is 5.63 Å². The molecule has 0 saturated heterocycles. The van der Waals surface area contributed by atoms with Gasteiger partial charge in [-0.15, -0.1) is 10.2 Å². The number of thioether (sulfide) groups is 1. The lowest BCUT2D eigenvalue weighted by atomic mass is 10.1. The second-order valence-corrected chi connectivity index (χ2v) is 6.34. The van der Waals surface area contributed by atoms with Crippen molar-refractivity contribution in [2.45, 2.75) is 23.9 Å². The van der Waals surface area contributed by atoms with E-state index in [0.717, 1.165) is 29.1 Å². The number of nitrogens with zero attached hydrogens (tertiary/aromatic N) is 3. The summed E-state index contributed by atoms with van der Waals surface area (Å²) in [4.78, 5) is 11.8. The molecule has 2 aromatic heterocycles. The second-order valence-electron chi connectivity index (χ2n) is 5.39. The summed E-state index contributed by atoms with van der Waals surface area (Å²) in [5.74, 6) is 1.25. The van der Waals surface area contributed by atoms with E-state index < -0.39 is 0 Å². The maximum absolute atomic E-state index is 11.8. The Kier molecular flexibility index (Phi) is 5.72. The van der Waals surface area contributed by atoms with Crippen molar-refractivity contribution in [2.75, 3.05) is 20.8 Å². The van der Waals surface area contributed by atoms with Gasteiger partial charge in [0.15, 0.2) is 5.16 Å². The Bertz CT molecular complexity index is 906. The van der Waals surface area contributed by atoms with Crippen LogP contribution in [-0.2, 0) is 17.0 Å². The maximum atomic E-state index is 11.8. The lowest BCUT2D eigenvalue weighted by molar-refractivity contribution is 0.189. The van der Waals surface area contributed by atoms with Crippen LogP contribution in [0.4, 0.5) is 0 Å². The zero-order valence-corrected chi connectivity index (χ0v) is 14.9. The molecule has 0 amide bonds. The number of aryl methyl sites for hydroxylation is 1. The summed E-state index contributed by atoms with van der Waals surface area (Å²) in [5.41, 5.74) is 1.03. The minimum absolute atomic E-state index is 0.377. The van der Waals surface area contributed by atoms with Crippen LogP contribution in [-0.4, -0.2) is 35.6 Å². The number of methoxy groups -OCH3 is 2. The quantitative estimate of drug-likeness (QED) is 0.347. The molecule has 3 rings (SSSR count). The number of rotatable bonds is 8. The molecule has 0 atom stereocenters. The minimum atomic E-state index is -0.377. The van der Waals surface area contributed by atoms with Crippen LogP contribution in [0.3, 0.4) is 0 Å². The van der Waals surface area contributed by atoms with Gasteiger partial charge in [0, 0.05) is 43.5 Å². The Labute approximate surface area is 149 Å². The Hall–Kier alpha value is -2.32. The van der Waals surface area contributed by atoms with Gasteiger partial charge in [-0.3, -0.25) is 0 Å². The number of aromatic nitrogens is 3. The SMILES string of the molecule is COCCCn1cnnc1SCc1cc(=O)oc2cc(OC)ccc12. The first-order valence-corrected chi connectivity index (χ1v) is 8.80. The predicted octanol–water partition coefficient (Wildman–Crippen LogP) is 2.72. The summed E-state index contributed by atoms with van der Waals surface area (Å²) in [5, 5.41) is 9.82. The van der Waals surface area contributed by atoms with Crippen LogP contribution in [0.15, 0.2) is 45.0 Å². The highest BCUT2D eigenvalue weighted by atomic mass is 32.2. The molecule has 0 bridgehead atoms. The molecule has 0 unspecified atom stereocenters. The molecule has 132 valence electrons. The molecule has 2 heterocycles. The average molecular weight is 361 g/mol. The van der Waals surface area contributed by atoms with E-state index in [1.54, 1.807) is 26.6 Å². The molecule has 1 aromatic carbocycles. The minimum Gasteiger partial charge on any atom is -0.497 e. The van der Waals surface area contributed by atoms with Crippen molar-refractivity contribution in [2.24, 2.45) is 0 Å². The first kappa shape index (κ1) is 17.5. The highest BCUT2D eigenvalue weighted by Gasteiger charge is 2.10. The zero-order valence-electron chi connectivity index (χ0n) is 14.1. The Balaban J connectivity index is 1.80. The van der Waals surface area contributed by atoms with Crippen molar-refractivity contribution in [3.8, 4) is 5.75 Å². The van der Waals surface area contributed by atoms with Gasteiger partial charge in [0.25, 0.3) is 0 Å². The molecule has 0 saturated carbocycles. The van der Waals surface area contributed by atoms with Crippen molar-refractivity contribution in [3.63, 3.8) is 0 Å². The van der Waals surface area contributed by atoms with Crippen molar-refractivity contribution in [3.05, 3.63) is 46.6 Å². The van der Waals surface area contributed by atoms with E-state index in [9.17, 15) is 4.79 Å². The molecule has 0 aliphatic heterocycles. The summed E-state index contributed by atoms with van der Waals surface area (Å²) >= 11 is 1.54. The third kappa shape index (κ3) is 4.21. The van der Waals surface area contributed by atoms with E-state index in [0.29, 0.717) is 23.7 Å². The van der Waals surface area contributed by atoms with E-state index in [4.69, 9.17) is 13.9 Å². The van der Waals surface area contributed by atoms with Crippen molar-refractivity contribution < 1.29 is 13.9 Å². The van der Waals surface area contributed by atoms with Crippen LogP contribution in [0, 0.1) is 0 Å². The topological polar surface area (TPSA) is 79.4 Å². The zero-order chi connectivity index (χ0) is 17.6. The number of fused-ring (bicyclic) bond motifs is 1. The second kappa shape index (κ2) is 8.17. The number of benzene rings is 1. The van der Waals surface area contributed by atoms with Crippen LogP contribution >= 0.6 is 11.8 Å². The number of ether oxygens (including phenoxy) is 2. The summed E-state index contributed by atoms with van der Waals surface area (Å²) in [6, 6.07) is 6.99. The molecule has 7 nitrogen and oxygen atoms in total. The Morgan fingerprint density at radius 2 is 2.16 bits per heavy atom. The highest BCUT2D eigenvalue weighted by molar-refractivity contribution is 7.98. The maximum Gasteiger partial charge on any atom is 0.336 e. The Morgan fingerprint density at radius 1 is 1.28 bits per heavy atom. The third-order valence-corrected chi connectivity index (χ3v) is 4.75. The third-order valence-electron chi connectivity index (χ3n) is 3.72. The van der Waals surface area contributed by atoms with E-state index in [1.165, 1.54) is 17.8 Å². The molecule has 0 aliphatic rings. The van der Waals surface area contributed by atoms with Gasteiger partial charge >= 0.3 is 5.63 Å². The molecule has 3 aromatic rings. The molecule has 0 aliphatic carbocycles. The lowest BCUT2D eigenvalue weighted by Gasteiger charge is -2.08. The molecular formula is C17H19N3O4S. The highest BCUT2D eigenvalue weighted by Crippen LogP contribution is 2.27. The lowest BCUT2D eigenvalue weighted by Crippen LogP contribution is -2.03. The van der Waals surface area contributed by atoms with E-state index >= 15 is 0 Å². The number of hydrogen-bond donors (Lipinski definition) is 0. The fourth-order valence-electron chi connectivity index (χ4n) is 2.49. The fourth-order valence-corrected chi connectivity index (χ4v) is 3.42. The Morgan fingerprint density at radius 3 is 2.96 bits per heavy atom. The monoisotopic (exact) mass is 361 g/mol. The standard InChI is InChI=1S/C17H19N3O4S/c1-22-7-3-6-20-11-18-19-17(20)25-10-12-8-16(21)24-15-9-13(23-2)4-5-14(12)15/h4-5,8-9,11H,3,6-7,10H2,1-2H3. The van der Waals surface area contributed by atoms with Crippen LogP contribution in [0.2, 0.25) is 0 Å². The first-order chi connectivity index (χ1) is 12.2. The van der Waals surface area contributed by atoms with Crippen LogP contribution in [0.5, 0.6) is 5.75 Å². The summed E-state index contributed by atoms with van der Waals surface area (Å²) in [6.45, 7) is 1.48. The number of hydrogen-bond acceptors (Lipinski definition) is 7. The first-order valence-electron chi connectivity index (χ1n) is 7.81. The van der Waals surface area contributed by atoms with Gasteiger partial charge in [-0.05, 0) is 24.1 Å². The molecular weight excluding hydrogens is 342 g/mol. The molecule has 8 heteroatoms. The van der Waals surface area contributed by atoms with Gasteiger partial charge in [-0.1, -0.05) is 11.8 Å². The van der Waals surface area contributed by atoms with Gasteiger partial charge in [-0.2, -0.15) is 0 Å². The van der Waals surface area contributed by atoms with Crippen LogP contribution < -0.4 is 10.4 Å². The predicted molar refractivity (Wildman–Crippen MR) is 95.1 cm³/mol. The van der Waals surface area contributed by atoms with Gasteiger partial charge in [0.2, 0.25) is 0 Å². The molecule has 0 radical (unpaired) electrons. The van der Waals surface area contributed by atoms with Crippen molar-refractivity contribution >= 4 is 22.7 Å². The smallest absolute Gasteiger partial charge is 0.336 e. The molecule has 0 fully saturated rings. The van der Waals surface area contributed by atoms with E-state index in [2.05, 4.69) is 10.2 Å². The summed E-state index contributed by atoms with van der Waals surface area (Å²) < 4.78 is 17.5. The van der Waals surface area contributed by atoms with Gasteiger partial charge in [0.1, 0.15) is 17.7 Å². The van der Waals surface area contributed by atoms with E-state index in [1.807, 2.05) is 16.7 Å². The summed E-state index contributed by atoms with van der Waals surface area (Å²) in [6.07, 6.45) is 2.60. The van der Waals surface area contributed by atoms with Crippen molar-refractivity contribution in [1.82, 2.24) is 14.8 Å². The molecule has 0 spiro atoms. The normalized spacial score (nSPS) is 11.1. The molecule has 25 heavy (non-hydrogen) atoms. The molecule has 0 N–H and O–H groups in total. The summed E-state index contributed by atoms with van der Waals surface area (Å²) in [7, 11) is 3.26. The average Bonchev–Trinajstić information content (AvgIpc) is 3.06. The van der Waals surface area contributed by atoms with Gasteiger partial charge < -0.3 is 18.5 Å².